The summed E-state index contributed by atoms with van der Waals surface area (Å²) in [6.07, 6.45) is 2.16. The first-order valence-corrected chi connectivity index (χ1v) is 6.68. The topological polar surface area (TPSA) is 98.9 Å². The van der Waals surface area contributed by atoms with Gasteiger partial charge in [-0.2, -0.15) is 0 Å². The van der Waals surface area contributed by atoms with Crippen LogP contribution in [0.1, 0.15) is 32.2 Å². The highest BCUT2D eigenvalue weighted by molar-refractivity contribution is 5.87. The first kappa shape index (κ1) is 14.5. The van der Waals surface area contributed by atoms with Crippen molar-refractivity contribution >= 4 is 11.8 Å². The van der Waals surface area contributed by atoms with E-state index >= 15 is 0 Å². The monoisotopic (exact) mass is 279 g/mol. The van der Waals surface area contributed by atoms with Gasteiger partial charge in [0.05, 0.1) is 30.3 Å². The summed E-state index contributed by atoms with van der Waals surface area (Å²) in [5.41, 5.74) is 1.62. The van der Waals surface area contributed by atoms with E-state index in [1.165, 1.54) is 0 Å². The second-order valence-corrected chi connectivity index (χ2v) is 5.98. The van der Waals surface area contributed by atoms with Crippen molar-refractivity contribution in [2.75, 3.05) is 6.54 Å². The molecule has 7 nitrogen and oxygen atoms in total. The number of nitrogens with zero attached hydrogens (tertiary/aromatic N) is 1. The first-order chi connectivity index (χ1) is 9.35. The Morgan fingerprint density at radius 3 is 2.90 bits per heavy atom. The summed E-state index contributed by atoms with van der Waals surface area (Å²) in [7, 11) is 0. The van der Waals surface area contributed by atoms with Gasteiger partial charge in [-0.05, 0) is 20.8 Å². The van der Waals surface area contributed by atoms with E-state index in [1.54, 1.807) is 6.33 Å². The lowest BCUT2D eigenvalue weighted by Gasteiger charge is -2.23. The van der Waals surface area contributed by atoms with E-state index in [1.807, 2.05) is 20.8 Å². The minimum atomic E-state index is -0.340. The Kier molecular flexibility index (Phi) is 4.08. The predicted octanol–water partition coefficient (Wildman–Crippen LogP) is -0.545. The van der Waals surface area contributed by atoms with Gasteiger partial charge in [0.1, 0.15) is 0 Å². The van der Waals surface area contributed by atoms with Gasteiger partial charge in [0.25, 0.3) is 0 Å². The Balaban J connectivity index is 1.80. The van der Waals surface area contributed by atoms with Crippen molar-refractivity contribution < 1.29 is 9.59 Å². The molecule has 1 unspecified atom stereocenters. The molecule has 7 heteroatoms. The number of hydrogen-bond donors (Lipinski definition) is 4. The van der Waals surface area contributed by atoms with Crippen molar-refractivity contribution in [1.29, 1.82) is 0 Å². The molecular formula is C13H21N5O2. The van der Waals surface area contributed by atoms with Gasteiger partial charge in [-0.1, -0.05) is 0 Å². The number of rotatable bonds is 3. The Morgan fingerprint density at radius 2 is 2.20 bits per heavy atom. The molecule has 2 rings (SSSR count). The Bertz CT molecular complexity index is 503. The molecule has 0 bridgehead atoms. The SMILES string of the molecule is CC(C)(C)NC(=O)CNC(=O)C1Cc2nc[nH]c2CN1. The van der Waals surface area contributed by atoms with Gasteiger partial charge >= 0.3 is 0 Å². The van der Waals surface area contributed by atoms with Crippen LogP contribution in [0.15, 0.2) is 6.33 Å². The molecule has 1 aromatic rings. The second-order valence-electron chi connectivity index (χ2n) is 5.98. The van der Waals surface area contributed by atoms with Crippen LogP contribution in [0.2, 0.25) is 0 Å². The fourth-order valence-electron chi connectivity index (χ4n) is 2.11. The van der Waals surface area contributed by atoms with Gasteiger partial charge in [0.2, 0.25) is 11.8 Å². The van der Waals surface area contributed by atoms with E-state index < -0.39 is 0 Å². The van der Waals surface area contributed by atoms with Crippen LogP contribution in [0.25, 0.3) is 0 Å². The van der Waals surface area contributed by atoms with Crippen LogP contribution in [0.4, 0.5) is 0 Å². The molecule has 1 atom stereocenters. The zero-order valence-corrected chi connectivity index (χ0v) is 12.0. The molecule has 2 heterocycles. The predicted molar refractivity (Wildman–Crippen MR) is 73.8 cm³/mol. The van der Waals surface area contributed by atoms with Crippen LogP contribution in [0, 0.1) is 0 Å². The third-order valence-electron chi connectivity index (χ3n) is 2.98. The number of aromatic nitrogens is 2. The molecule has 0 spiro atoms. The van der Waals surface area contributed by atoms with Crippen molar-refractivity contribution in [1.82, 2.24) is 25.9 Å². The van der Waals surface area contributed by atoms with E-state index in [4.69, 9.17) is 0 Å². The van der Waals surface area contributed by atoms with E-state index in [9.17, 15) is 9.59 Å². The van der Waals surface area contributed by atoms with Crippen molar-refractivity contribution in [3.8, 4) is 0 Å². The normalized spacial score (nSPS) is 18.2. The number of carbonyl (C=O) groups is 2. The van der Waals surface area contributed by atoms with Gasteiger partial charge in [0.15, 0.2) is 0 Å². The number of imidazole rings is 1. The molecule has 0 fully saturated rings. The quantitative estimate of drug-likeness (QED) is 0.597. The lowest BCUT2D eigenvalue weighted by atomic mass is 10.0. The highest BCUT2D eigenvalue weighted by atomic mass is 16.2. The van der Waals surface area contributed by atoms with Crippen LogP contribution in [0.3, 0.4) is 0 Å². The van der Waals surface area contributed by atoms with Crippen LogP contribution < -0.4 is 16.0 Å². The second kappa shape index (κ2) is 5.62. The molecule has 110 valence electrons. The summed E-state index contributed by atoms with van der Waals surface area (Å²) in [5.74, 6) is -0.371. The Labute approximate surface area is 117 Å². The minimum absolute atomic E-state index is 0.0122. The van der Waals surface area contributed by atoms with Gasteiger partial charge in [-0.15, -0.1) is 0 Å². The summed E-state index contributed by atoms with van der Waals surface area (Å²) >= 11 is 0. The van der Waals surface area contributed by atoms with Crippen molar-refractivity contribution in [3.05, 3.63) is 17.7 Å². The van der Waals surface area contributed by atoms with Crippen molar-refractivity contribution in [3.63, 3.8) is 0 Å². The number of fused-ring (bicyclic) bond motifs is 1. The lowest BCUT2D eigenvalue weighted by molar-refractivity contribution is -0.128. The van der Waals surface area contributed by atoms with Gasteiger partial charge < -0.3 is 15.6 Å². The average Bonchev–Trinajstić information content (AvgIpc) is 2.80. The summed E-state index contributed by atoms with van der Waals surface area (Å²) < 4.78 is 0. The third kappa shape index (κ3) is 3.80. The van der Waals surface area contributed by atoms with Crippen LogP contribution in [-0.2, 0) is 22.6 Å². The third-order valence-corrected chi connectivity index (χ3v) is 2.98. The van der Waals surface area contributed by atoms with Crippen LogP contribution in [-0.4, -0.2) is 39.9 Å². The van der Waals surface area contributed by atoms with E-state index in [0.717, 1.165) is 11.4 Å². The molecule has 20 heavy (non-hydrogen) atoms. The summed E-state index contributed by atoms with van der Waals surface area (Å²) in [6, 6.07) is -0.340. The molecule has 2 amide bonds. The summed E-state index contributed by atoms with van der Waals surface area (Å²) in [5, 5.41) is 8.56. The first-order valence-electron chi connectivity index (χ1n) is 6.68. The number of nitrogens with one attached hydrogen (secondary N) is 4. The number of aromatic amines is 1. The molecule has 4 N–H and O–H groups in total. The van der Waals surface area contributed by atoms with Crippen LogP contribution >= 0.6 is 0 Å². The van der Waals surface area contributed by atoms with E-state index in [0.29, 0.717) is 13.0 Å². The molecule has 1 aromatic heterocycles. The minimum Gasteiger partial charge on any atom is -0.350 e. The summed E-state index contributed by atoms with van der Waals surface area (Å²) in [4.78, 5) is 30.8. The maximum atomic E-state index is 12.0. The fraction of sp³-hybridized carbons (Fsp3) is 0.615. The maximum Gasteiger partial charge on any atom is 0.239 e. The Hall–Kier alpha value is -1.89. The van der Waals surface area contributed by atoms with E-state index in [-0.39, 0.29) is 29.9 Å². The van der Waals surface area contributed by atoms with Gasteiger partial charge in [-0.25, -0.2) is 4.98 Å². The maximum absolute atomic E-state index is 12.0. The molecule has 0 radical (unpaired) electrons. The number of carbonyl (C=O) groups excluding carboxylic acids is 2. The molecular weight excluding hydrogens is 258 g/mol. The molecule has 1 aliphatic rings. The fourth-order valence-corrected chi connectivity index (χ4v) is 2.11. The number of H-pyrrole nitrogens is 1. The zero-order chi connectivity index (χ0) is 14.8. The molecule has 0 saturated carbocycles. The number of hydrogen-bond acceptors (Lipinski definition) is 4. The van der Waals surface area contributed by atoms with E-state index in [2.05, 4.69) is 25.9 Å². The average molecular weight is 279 g/mol. The Morgan fingerprint density at radius 1 is 1.45 bits per heavy atom. The molecule has 0 aromatic carbocycles. The largest absolute Gasteiger partial charge is 0.350 e. The standard InChI is InChI=1S/C13H21N5O2/c1-13(2,3)18-11(19)6-15-12(20)9-4-8-10(5-14-9)17-7-16-8/h7,9,14H,4-6H2,1-3H3,(H,15,20)(H,16,17)(H,18,19). The lowest BCUT2D eigenvalue weighted by Crippen LogP contribution is -2.51. The van der Waals surface area contributed by atoms with Gasteiger partial charge in [0, 0.05) is 18.5 Å². The highest BCUT2D eigenvalue weighted by Crippen LogP contribution is 2.11. The molecule has 1 aliphatic heterocycles. The molecule has 0 aliphatic carbocycles. The number of amides is 2. The summed E-state index contributed by atoms with van der Waals surface area (Å²) in [6.45, 7) is 6.26. The highest BCUT2D eigenvalue weighted by Gasteiger charge is 2.26. The smallest absolute Gasteiger partial charge is 0.239 e. The van der Waals surface area contributed by atoms with Gasteiger partial charge in [-0.3, -0.25) is 14.9 Å². The zero-order valence-electron chi connectivity index (χ0n) is 12.0. The van der Waals surface area contributed by atoms with Crippen LogP contribution in [0.5, 0.6) is 0 Å². The van der Waals surface area contributed by atoms with Crippen molar-refractivity contribution in [2.45, 2.75) is 45.3 Å². The molecule has 0 saturated heterocycles. The van der Waals surface area contributed by atoms with Crippen molar-refractivity contribution in [2.24, 2.45) is 0 Å².